The number of rotatable bonds is 2. The lowest BCUT2D eigenvalue weighted by Crippen LogP contribution is -2.44. The summed E-state index contributed by atoms with van der Waals surface area (Å²) < 4.78 is 0. The van der Waals surface area contributed by atoms with E-state index in [1.54, 1.807) is 0 Å². The number of Topliss-reactive ketones (excluding diaryl/α,β-unsaturated/α-hetero) is 1. The quantitative estimate of drug-likeness (QED) is 0.780. The van der Waals surface area contributed by atoms with E-state index in [1.165, 1.54) is 11.1 Å². The molecule has 2 heteroatoms. The van der Waals surface area contributed by atoms with Crippen molar-refractivity contribution in [2.24, 2.45) is 0 Å². The molecule has 1 aromatic rings. The van der Waals surface area contributed by atoms with E-state index in [-0.39, 0.29) is 5.54 Å². The molecule has 0 amide bonds. The molecule has 2 rings (SSSR count). The SMILES string of the molecule is Cc1ccc(C2(N(C)C)CCC(=O)CC2)cc1. The van der Waals surface area contributed by atoms with Gasteiger partial charge in [0, 0.05) is 18.4 Å². The first-order valence-electron chi connectivity index (χ1n) is 6.31. The Balaban J connectivity index is 2.34. The van der Waals surface area contributed by atoms with E-state index in [0.29, 0.717) is 18.6 Å². The molecule has 0 bridgehead atoms. The highest BCUT2D eigenvalue weighted by Crippen LogP contribution is 2.39. The third kappa shape index (κ3) is 2.27. The van der Waals surface area contributed by atoms with Gasteiger partial charge in [-0.05, 0) is 39.4 Å². The molecule has 17 heavy (non-hydrogen) atoms. The van der Waals surface area contributed by atoms with Crippen molar-refractivity contribution in [2.75, 3.05) is 14.1 Å². The zero-order chi connectivity index (χ0) is 12.5. The van der Waals surface area contributed by atoms with Gasteiger partial charge < -0.3 is 0 Å². The fraction of sp³-hybridized carbons (Fsp3) is 0.533. The smallest absolute Gasteiger partial charge is 0.133 e. The second kappa shape index (κ2) is 4.61. The maximum Gasteiger partial charge on any atom is 0.133 e. The van der Waals surface area contributed by atoms with Gasteiger partial charge in [0.1, 0.15) is 5.78 Å². The molecular formula is C15H21NO. The lowest BCUT2D eigenvalue weighted by atomic mass is 9.75. The molecule has 1 fully saturated rings. The van der Waals surface area contributed by atoms with Crippen LogP contribution in [0.2, 0.25) is 0 Å². The van der Waals surface area contributed by atoms with Crippen molar-refractivity contribution in [1.29, 1.82) is 0 Å². The number of nitrogens with zero attached hydrogens (tertiary/aromatic N) is 1. The summed E-state index contributed by atoms with van der Waals surface area (Å²) in [5.74, 6) is 0.412. The van der Waals surface area contributed by atoms with E-state index in [9.17, 15) is 4.79 Å². The second-order valence-corrected chi connectivity index (χ2v) is 5.33. The van der Waals surface area contributed by atoms with Crippen LogP contribution >= 0.6 is 0 Å². The van der Waals surface area contributed by atoms with Crippen LogP contribution in [0.3, 0.4) is 0 Å². The lowest BCUT2D eigenvalue weighted by molar-refractivity contribution is -0.122. The Morgan fingerprint density at radius 2 is 1.59 bits per heavy atom. The molecular weight excluding hydrogens is 210 g/mol. The Kier molecular flexibility index (Phi) is 3.34. The Labute approximate surface area is 104 Å². The number of carbonyl (C=O) groups is 1. The van der Waals surface area contributed by atoms with Crippen LogP contribution in [-0.2, 0) is 10.3 Å². The average Bonchev–Trinajstić information content (AvgIpc) is 2.31. The first kappa shape index (κ1) is 12.3. The standard InChI is InChI=1S/C15H21NO/c1-12-4-6-13(7-5-12)15(16(2)3)10-8-14(17)9-11-15/h4-7H,8-11H2,1-3H3. The molecule has 2 nitrogen and oxygen atoms in total. The molecule has 0 heterocycles. The Morgan fingerprint density at radius 1 is 1.06 bits per heavy atom. The molecule has 0 saturated heterocycles. The maximum atomic E-state index is 11.4. The summed E-state index contributed by atoms with van der Waals surface area (Å²) in [7, 11) is 4.24. The number of ketones is 1. The van der Waals surface area contributed by atoms with Crippen LogP contribution in [0.1, 0.15) is 36.8 Å². The summed E-state index contributed by atoms with van der Waals surface area (Å²) in [4.78, 5) is 13.7. The third-order valence-electron chi connectivity index (χ3n) is 4.08. The van der Waals surface area contributed by atoms with Gasteiger partial charge in [0.15, 0.2) is 0 Å². The van der Waals surface area contributed by atoms with Crippen molar-refractivity contribution in [3.8, 4) is 0 Å². The summed E-state index contributed by atoms with van der Waals surface area (Å²) >= 11 is 0. The topological polar surface area (TPSA) is 20.3 Å². The molecule has 1 saturated carbocycles. The Bertz CT molecular complexity index is 395. The molecule has 0 atom stereocenters. The largest absolute Gasteiger partial charge is 0.300 e. The van der Waals surface area contributed by atoms with Gasteiger partial charge in [0.2, 0.25) is 0 Å². The summed E-state index contributed by atoms with van der Waals surface area (Å²) in [6.45, 7) is 2.11. The molecule has 1 aliphatic rings. The Hall–Kier alpha value is -1.15. The van der Waals surface area contributed by atoms with Crippen LogP contribution in [-0.4, -0.2) is 24.8 Å². The van der Waals surface area contributed by atoms with Crippen LogP contribution in [0.15, 0.2) is 24.3 Å². The molecule has 0 unspecified atom stereocenters. The molecule has 0 radical (unpaired) electrons. The summed E-state index contributed by atoms with van der Waals surface area (Å²) in [6.07, 6.45) is 3.32. The Morgan fingerprint density at radius 3 is 2.06 bits per heavy atom. The third-order valence-corrected chi connectivity index (χ3v) is 4.08. The van der Waals surface area contributed by atoms with Gasteiger partial charge in [0.25, 0.3) is 0 Å². The first-order valence-corrected chi connectivity index (χ1v) is 6.31. The van der Waals surface area contributed by atoms with Crippen LogP contribution in [0.5, 0.6) is 0 Å². The van der Waals surface area contributed by atoms with E-state index >= 15 is 0 Å². The normalized spacial score (nSPS) is 19.6. The number of benzene rings is 1. The van der Waals surface area contributed by atoms with E-state index in [0.717, 1.165) is 12.8 Å². The predicted molar refractivity (Wildman–Crippen MR) is 70.0 cm³/mol. The molecule has 0 N–H and O–H groups in total. The van der Waals surface area contributed by atoms with E-state index in [4.69, 9.17) is 0 Å². The van der Waals surface area contributed by atoms with Crippen LogP contribution in [0, 0.1) is 6.92 Å². The highest BCUT2D eigenvalue weighted by molar-refractivity contribution is 5.79. The zero-order valence-electron chi connectivity index (χ0n) is 11.0. The van der Waals surface area contributed by atoms with Gasteiger partial charge >= 0.3 is 0 Å². The highest BCUT2D eigenvalue weighted by atomic mass is 16.1. The van der Waals surface area contributed by atoms with E-state index < -0.39 is 0 Å². The van der Waals surface area contributed by atoms with Gasteiger partial charge in [0.05, 0.1) is 0 Å². The minimum atomic E-state index is 0.0572. The number of hydrogen-bond acceptors (Lipinski definition) is 2. The predicted octanol–water partition coefficient (Wildman–Crippen LogP) is 2.90. The van der Waals surface area contributed by atoms with Crippen molar-refractivity contribution >= 4 is 5.78 Å². The average molecular weight is 231 g/mol. The highest BCUT2D eigenvalue weighted by Gasteiger charge is 2.38. The van der Waals surface area contributed by atoms with Crippen molar-refractivity contribution in [1.82, 2.24) is 4.90 Å². The summed E-state index contributed by atoms with van der Waals surface area (Å²) in [5.41, 5.74) is 2.69. The second-order valence-electron chi connectivity index (χ2n) is 5.33. The van der Waals surface area contributed by atoms with Gasteiger partial charge in [-0.1, -0.05) is 29.8 Å². The van der Waals surface area contributed by atoms with E-state index in [1.807, 2.05) is 0 Å². The molecule has 0 spiro atoms. The number of aryl methyl sites for hydroxylation is 1. The fourth-order valence-corrected chi connectivity index (χ4v) is 2.80. The van der Waals surface area contributed by atoms with Crippen molar-refractivity contribution < 1.29 is 4.79 Å². The monoisotopic (exact) mass is 231 g/mol. The summed E-state index contributed by atoms with van der Waals surface area (Å²) in [5, 5.41) is 0. The maximum absolute atomic E-state index is 11.4. The molecule has 1 aliphatic carbocycles. The molecule has 0 aliphatic heterocycles. The van der Waals surface area contributed by atoms with Crippen LogP contribution in [0.4, 0.5) is 0 Å². The van der Waals surface area contributed by atoms with Crippen molar-refractivity contribution in [3.05, 3.63) is 35.4 Å². The molecule has 1 aromatic carbocycles. The van der Waals surface area contributed by atoms with Crippen molar-refractivity contribution in [2.45, 2.75) is 38.1 Å². The number of hydrogen-bond donors (Lipinski definition) is 0. The minimum absolute atomic E-state index is 0.0572. The molecule has 92 valence electrons. The number of carbonyl (C=O) groups excluding carboxylic acids is 1. The first-order chi connectivity index (χ1) is 8.04. The minimum Gasteiger partial charge on any atom is -0.300 e. The van der Waals surface area contributed by atoms with Gasteiger partial charge in [-0.25, -0.2) is 0 Å². The lowest BCUT2D eigenvalue weighted by Gasteiger charge is -2.43. The fourth-order valence-electron chi connectivity index (χ4n) is 2.80. The van der Waals surface area contributed by atoms with Gasteiger partial charge in [-0.2, -0.15) is 0 Å². The van der Waals surface area contributed by atoms with Crippen LogP contribution in [0.25, 0.3) is 0 Å². The summed E-state index contributed by atoms with van der Waals surface area (Å²) in [6, 6.07) is 8.75. The van der Waals surface area contributed by atoms with Gasteiger partial charge in [-0.15, -0.1) is 0 Å². The molecule has 0 aromatic heterocycles. The van der Waals surface area contributed by atoms with E-state index in [2.05, 4.69) is 50.2 Å². The zero-order valence-corrected chi connectivity index (χ0v) is 11.0. The van der Waals surface area contributed by atoms with Gasteiger partial charge in [-0.3, -0.25) is 9.69 Å². The van der Waals surface area contributed by atoms with Crippen LogP contribution < -0.4 is 0 Å². The van der Waals surface area contributed by atoms with Crippen molar-refractivity contribution in [3.63, 3.8) is 0 Å².